The van der Waals surface area contributed by atoms with Crippen LogP contribution in [0, 0.1) is 0 Å². The fourth-order valence-corrected chi connectivity index (χ4v) is 1.80. The number of ether oxygens (including phenoxy) is 1. The number of nitrogens with one attached hydrogen (secondary N) is 1. The van der Waals surface area contributed by atoms with Crippen molar-refractivity contribution >= 4 is 12.0 Å². The topological polar surface area (TPSA) is 58.6 Å². The molecule has 0 bridgehead atoms. The quantitative estimate of drug-likeness (QED) is 0.690. The van der Waals surface area contributed by atoms with Crippen molar-refractivity contribution in [3.8, 4) is 0 Å². The van der Waals surface area contributed by atoms with Crippen LogP contribution < -0.4 is 5.32 Å². The largest absolute Gasteiger partial charge is 0.464 e. The van der Waals surface area contributed by atoms with Gasteiger partial charge in [-0.1, -0.05) is 0 Å². The normalized spacial score (nSPS) is 20.9. The van der Waals surface area contributed by atoms with Crippen molar-refractivity contribution < 1.29 is 14.3 Å². The number of rotatable bonds is 2. The molecule has 86 valence electrons. The number of likely N-dealkylation sites (tertiary alicyclic amines) is 1. The van der Waals surface area contributed by atoms with Crippen LogP contribution in [0.4, 0.5) is 4.79 Å². The molecule has 0 saturated carbocycles. The summed E-state index contributed by atoms with van der Waals surface area (Å²) in [4.78, 5) is 24.6. The molecule has 1 heterocycles. The molecule has 5 nitrogen and oxygen atoms in total. The van der Waals surface area contributed by atoms with Crippen molar-refractivity contribution in [2.24, 2.45) is 0 Å². The number of hydrogen-bond acceptors (Lipinski definition) is 3. The molecule has 0 radical (unpaired) electrons. The van der Waals surface area contributed by atoms with Gasteiger partial charge < -0.3 is 15.0 Å². The highest BCUT2D eigenvalue weighted by Crippen LogP contribution is 2.18. The van der Waals surface area contributed by atoms with Crippen molar-refractivity contribution in [1.82, 2.24) is 10.2 Å². The number of carbonyl (C=O) groups excluding carboxylic acids is 2. The van der Waals surface area contributed by atoms with Crippen LogP contribution in [-0.2, 0) is 9.53 Å². The molecule has 2 amide bonds. The second-order valence-corrected chi connectivity index (χ2v) is 3.51. The Morgan fingerprint density at radius 2 is 2.20 bits per heavy atom. The van der Waals surface area contributed by atoms with Gasteiger partial charge in [0, 0.05) is 13.6 Å². The molecule has 0 aromatic rings. The number of hydrogen-bond donors (Lipinski definition) is 1. The zero-order valence-electron chi connectivity index (χ0n) is 9.28. The molecule has 0 aliphatic carbocycles. The first kappa shape index (κ1) is 11.8. The summed E-state index contributed by atoms with van der Waals surface area (Å²) in [7, 11) is 1.57. The summed E-state index contributed by atoms with van der Waals surface area (Å²) in [6.07, 6.45) is 2.62. The number of amides is 2. The fourth-order valence-electron chi connectivity index (χ4n) is 1.80. The highest BCUT2D eigenvalue weighted by molar-refractivity contribution is 5.83. The second kappa shape index (κ2) is 5.58. The van der Waals surface area contributed by atoms with E-state index in [9.17, 15) is 9.59 Å². The van der Waals surface area contributed by atoms with E-state index >= 15 is 0 Å². The van der Waals surface area contributed by atoms with Crippen LogP contribution in [0.3, 0.4) is 0 Å². The molecule has 1 fully saturated rings. The van der Waals surface area contributed by atoms with Crippen molar-refractivity contribution in [1.29, 1.82) is 0 Å². The van der Waals surface area contributed by atoms with Crippen molar-refractivity contribution in [2.75, 3.05) is 20.2 Å². The van der Waals surface area contributed by atoms with Gasteiger partial charge in [-0.25, -0.2) is 9.59 Å². The Morgan fingerprint density at radius 3 is 2.80 bits per heavy atom. The standard InChI is InChI=1S/C10H18N2O3/c1-3-15-9(13)8-6-4-5-7-12(8)10(14)11-2/h8H,3-7H2,1-2H3,(H,11,14). The molecule has 1 atom stereocenters. The number of piperidine rings is 1. The highest BCUT2D eigenvalue weighted by atomic mass is 16.5. The Kier molecular flexibility index (Phi) is 4.39. The summed E-state index contributed by atoms with van der Waals surface area (Å²) in [6.45, 7) is 2.75. The molecule has 0 aromatic carbocycles. The maximum absolute atomic E-state index is 11.6. The molecular weight excluding hydrogens is 196 g/mol. The lowest BCUT2D eigenvalue weighted by Crippen LogP contribution is -2.51. The van der Waals surface area contributed by atoms with E-state index in [0.717, 1.165) is 12.8 Å². The zero-order chi connectivity index (χ0) is 11.3. The predicted octanol–water partition coefficient (Wildman–Crippen LogP) is 0.743. The van der Waals surface area contributed by atoms with E-state index in [2.05, 4.69) is 5.32 Å². The number of nitrogens with zero attached hydrogens (tertiary/aromatic N) is 1. The van der Waals surface area contributed by atoms with Crippen molar-refractivity contribution in [2.45, 2.75) is 32.2 Å². The van der Waals surface area contributed by atoms with Gasteiger partial charge in [0.2, 0.25) is 0 Å². The predicted molar refractivity (Wildman–Crippen MR) is 55.4 cm³/mol. The van der Waals surface area contributed by atoms with E-state index in [4.69, 9.17) is 4.74 Å². The van der Waals surface area contributed by atoms with E-state index in [1.165, 1.54) is 0 Å². The number of esters is 1. The Labute approximate surface area is 89.8 Å². The molecule has 1 aliphatic rings. The molecule has 1 rings (SSSR count). The van der Waals surface area contributed by atoms with E-state index < -0.39 is 6.04 Å². The molecule has 1 aliphatic heterocycles. The first-order valence-electron chi connectivity index (χ1n) is 5.35. The van der Waals surface area contributed by atoms with Crippen LogP contribution in [-0.4, -0.2) is 43.1 Å². The van der Waals surface area contributed by atoms with Gasteiger partial charge in [0.1, 0.15) is 6.04 Å². The van der Waals surface area contributed by atoms with E-state index in [0.29, 0.717) is 19.6 Å². The van der Waals surface area contributed by atoms with E-state index in [-0.39, 0.29) is 12.0 Å². The Hall–Kier alpha value is -1.26. The van der Waals surface area contributed by atoms with Crippen LogP contribution in [0.1, 0.15) is 26.2 Å². The average Bonchev–Trinajstić information content (AvgIpc) is 2.28. The first-order chi connectivity index (χ1) is 7.20. The lowest BCUT2D eigenvalue weighted by molar-refractivity contribution is -0.149. The van der Waals surface area contributed by atoms with Gasteiger partial charge in [-0.15, -0.1) is 0 Å². The van der Waals surface area contributed by atoms with Gasteiger partial charge in [-0.3, -0.25) is 0 Å². The lowest BCUT2D eigenvalue weighted by Gasteiger charge is -2.33. The SMILES string of the molecule is CCOC(=O)C1CCCCN1C(=O)NC. The third-order valence-electron chi connectivity index (χ3n) is 2.54. The molecule has 0 aromatic heterocycles. The maximum Gasteiger partial charge on any atom is 0.328 e. The number of carbonyl (C=O) groups is 2. The summed E-state index contributed by atoms with van der Waals surface area (Å²) in [5.74, 6) is -0.291. The Morgan fingerprint density at radius 1 is 1.47 bits per heavy atom. The summed E-state index contributed by atoms with van der Waals surface area (Å²) in [5, 5.41) is 2.54. The van der Waals surface area contributed by atoms with Gasteiger partial charge in [0.25, 0.3) is 0 Å². The van der Waals surface area contributed by atoms with Crippen LogP contribution in [0.15, 0.2) is 0 Å². The number of urea groups is 1. The molecule has 0 spiro atoms. The van der Waals surface area contributed by atoms with Gasteiger partial charge in [0.15, 0.2) is 0 Å². The summed E-state index contributed by atoms with van der Waals surface area (Å²) in [5.41, 5.74) is 0. The van der Waals surface area contributed by atoms with Gasteiger partial charge in [-0.2, -0.15) is 0 Å². The van der Waals surface area contributed by atoms with Crippen molar-refractivity contribution in [3.63, 3.8) is 0 Å². The minimum Gasteiger partial charge on any atom is -0.464 e. The second-order valence-electron chi connectivity index (χ2n) is 3.51. The fraction of sp³-hybridized carbons (Fsp3) is 0.800. The third-order valence-corrected chi connectivity index (χ3v) is 2.54. The molecule has 1 N–H and O–H groups in total. The van der Waals surface area contributed by atoms with Gasteiger partial charge in [-0.05, 0) is 26.2 Å². The minimum atomic E-state index is -0.404. The zero-order valence-corrected chi connectivity index (χ0v) is 9.28. The summed E-state index contributed by atoms with van der Waals surface area (Å²) >= 11 is 0. The van der Waals surface area contributed by atoms with Crippen LogP contribution in [0.5, 0.6) is 0 Å². The van der Waals surface area contributed by atoms with Crippen LogP contribution in [0.25, 0.3) is 0 Å². The first-order valence-corrected chi connectivity index (χ1v) is 5.35. The van der Waals surface area contributed by atoms with Crippen LogP contribution in [0.2, 0.25) is 0 Å². The highest BCUT2D eigenvalue weighted by Gasteiger charge is 2.32. The molecule has 1 saturated heterocycles. The van der Waals surface area contributed by atoms with E-state index in [1.807, 2.05) is 0 Å². The molecular formula is C10H18N2O3. The monoisotopic (exact) mass is 214 g/mol. The third kappa shape index (κ3) is 2.84. The Bertz CT molecular complexity index is 243. The average molecular weight is 214 g/mol. The lowest BCUT2D eigenvalue weighted by atomic mass is 10.0. The van der Waals surface area contributed by atoms with Gasteiger partial charge >= 0.3 is 12.0 Å². The van der Waals surface area contributed by atoms with Gasteiger partial charge in [0.05, 0.1) is 6.61 Å². The Balaban J connectivity index is 2.65. The maximum atomic E-state index is 11.6. The van der Waals surface area contributed by atoms with Crippen LogP contribution >= 0.6 is 0 Å². The molecule has 5 heteroatoms. The van der Waals surface area contributed by atoms with Crippen molar-refractivity contribution in [3.05, 3.63) is 0 Å². The van der Waals surface area contributed by atoms with E-state index in [1.54, 1.807) is 18.9 Å². The summed E-state index contributed by atoms with van der Waals surface area (Å²) in [6, 6.07) is -0.605. The molecule has 15 heavy (non-hydrogen) atoms. The summed E-state index contributed by atoms with van der Waals surface area (Å²) < 4.78 is 4.95. The minimum absolute atomic E-state index is 0.201. The molecule has 1 unspecified atom stereocenters. The smallest absolute Gasteiger partial charge is 0.328 e.